The summed E-state index contributed by atoms with van der Waals surface area (Å²) in [6.45, 7) is 2.65. The van der Waals surface area contributed by atoms with E-state index in [2.05, 4.69) is 20.5 Å². The topological polar surface area (TPSA) is 50.7 Å². The van der Waals surface area contributed by atoms with Crippen LogP contribution in [-0.2, 0) is 6.54 Å². The number of nitrogens with zero attached hydrogens (tertiary/aromatic N) is 3. The van der Waals surface area contributed by atoms with Crippen molar-refractivity contribution in [3.05, 3.63) is 46.9 Å². The molecule has 2 aromatic heterocycles. The molecule has 0 saturated heterocycles. The number of aryl methyl sites for hydroxylation is 1. The number of aromatic nitrogens is 3. The highest BCUT2D eigenvalue weighted by Gasteiger charge is 1.99. The van der Waals surface area contributed by atoms with Crippen LogP contribution in [0.25, 0.3) is 0 Å². The van der Waals surface area contributed by atoms with Crippen molar-refractivity contribution >= 4 is 17.4 Å². The van der Waals surface area contributed by atoms with Gasteiger partial charge < -0.3 is 5.32 Å². The molecule has 0 unspecified atom stereocenters. The number of anilines is 1. The first kappa shape index (κ1) is 10.8. The van der Waals surface area contributed by atoms with E-state index in [-0.39, 0.29) is 0 Å². The van der Waals surface area contributed by atoms with Crippen molar-refractivity contribution in [2.45, 2.75) is 13.5 Å². The number of nitrogens with one attached hydrogen (secondary N) is 1. The summed E-state index contributed by atoms with van der Waals surface area (Å²) in [4.78, 5) is 4.21. The van der Waals surface area contributed by atoms with Crippen LogP contribution in [0, 0.1) is 6.92 Å². The third kappa shape index (κ3) is 2.67. The van der Waals surface area contributed by atoms with E-state index in [9.17, 15) is 0 Å². The summed E-state index contributed by atoms with van der Waals surface area (Å²) in [6, 6.07) is 7.43. The van der Waals surface area contributed by atoms with Crippen molar-refractivity contribution in [3.63, 3.8) is 0 Å². The van der Waals surface area contributed by atoms with Crippen LogP contribution < -0.4 is 5.32 Å². The second kappa shape index (κ2) is 4.90. The van der Waals surface area contributed by atoms with Crippen LogP contribution in [0.5, 0.6) is 0 Å². The van der Waals surface area contributed by atoms with Gasteiger partial charge in [-0.2, -0.15) is 0 Å². The fraction of sp³-hybridized carbons (Fsp3) is 0.182. The Balaban J connectivity index is 2.02. The normalized spacial score (nSPS) is 10.1. The van der Waals surface area contributed by atoms with E-state index in [1.807, 2.05) is 19.1 Å². The van der Waals surface area contributed by atoms with Crippen molar-refractivity contribution in [2.24, 2.45) is 0 Å². The Morgan fingerprint density at radius 3 is 2.81 bits per heavy atom. The molecule has 0 aliphatic heterocycles. The first-order valence-corrected chi connectivity index (χ1v) is 5.27. The van der Waals surface area contributed by atoms with Crippen molar-refractivity contribution < 1.29 is 0 Å². The van der Waals surface area contributed by atoms with Crippen molar-refractivity contribution in [3.8, 4) is 0 Å². The number of rotatable bonds is 3. The molecule has 2 heterocycles. The molecule has 4 nitrogen and oxygen atoms in total. The van der Waals surface area contributed by atoms with Gasteiger partial charge in [0.05, 0.1) is 0 Å². The quantitative estimate of drug-likeness (QED) is 0.886. The number of hydrogen-bond acceptors (Lipinski definition) is 4. The molecule has 0 aliphatic carbocycles. The van der Waals surface area contributed by atoms with Crippen LogP contribution in [0.15, 0.2) is 30.5 Å². The van der Waals surface area contributed by atoms with Gasteiger partial charge in [0.1, 0.15) is 5.82 Å². The summed E-state index contributed by atoms with van der Waals surface area (Å²) in [6.07, 6.45) is 1.78. The van der Waals surface area contributed by atoms with Crippen LogP contribution in [-0.4, -0.2) is 15.2 Å². The lowest BCUT2D eigenvalue weighted by Crippen LogP contribution is -2.04. The predicted octanol–water partition coefficient (Wildman–Crippen LogP) is 2.45. The lowest BCUT2D eigenvalue weighted by molar-refractivity contribution is 0.986. The van der Waals surface area contributed by atoms with Gasteiger partial charge >= 0.3 is 0 Å². The van der Waals surface area contributed by atoms with Gasteiger partial charge in [0.25, 0.3) is 0 Å². The summed E-state index contributed by atoms with van der Waals surface area (Å²) in [5, 5.41) is 11.2. The predicted molar refractivity (Wildman–Crippen MR) is 63.3 cm³/mol. The highest BCUT2D eigenvalue weighted by Crippen LogP contribution is 2.09. The van der Waals surface area contributed by atoms with Gasteiger partial charge in [0, 0.05) is 18.4 Å². The second-order valence-corrected chi connectivity index (χ2v) is 3.73. The third-order valence-electron chi connectivity index (χ3n) is 2.21. The smallest absolute Gasteiger partial charge is 0.151 e. The Labute approximate surface area is 98.7 Å². The Hall–Kier alpha value is -1.68. The first-order valence-electron chi connectivity index (χ1n) is 4.89. The number of hydrogen-bond donors (Lipinski definition) is 1. The molecule has 0 spiro atoms. The zero-order valence-corrected chi connectivity index (χ0v) is 9.57. The second-order valence-electron chi connectivity index (χ2n) is 3.34. The van der Waals surface area contributed by atoms with Crippen LogP contribution >= 0.6 is 11.6 Å². The molecule has 0 atom stereocenters. The largest absolute Gasteiger partial charge is 0.364 e. The highest BCUT2D eigenvalue weighted by atomic mass is 35.5. The molecule has 0 radical (unpaired) electrons. The maximum Gasteiger partial charge on any atom is 0.151 e. The molecule has 0 fully saturated rings. The van der Waals surface area contributed by atoms with Crippen LogP contribution in [0.1, 0.15) is 11.3 Å². The average Bonchev–Trinajstić information content (AvgIpc) is 2.30. The molecule has 0 amide bonds. The Bertz CT molecular complexity index is 470. The van der Waals surface area contributed by atoms with E-state index >= 15 is 0 Å². The maximum atomic E-state index is 5.64. The van der Waals surface area contributed by atoms with Crippen molar-refractivity contribution in [1.29, 1.82) is 0 Å². The van der Waals surface area contributed by atoms with E-state index in [1.54, 1.807) is 18.3 Å². The lowest BCUT2D eigenvalue weighted by Gasteiger charge is -2.06. The van der Waals surface area contributed by atoms with Gasteiger partial charge in [0.2, 0.25) is 0 Å². The number of halogens is 1. The molecular weight excluding hydrogens is 224 g/mol. The SMILES string of the molecule is Cc1ncccc1CNc1ccc(Cl)nn1. The highest BCUT2D eigenvalue weighted by molar-refractivity contribution is 6.29. The Morgan fingerprint density at radius 2 is 2.12 bits per heavy atom. The summed E-state index contributed by atoms with van der Waals surface area (Å²) >= 11 is 5.64. The fourth-order valence-corrected chi connectivity index (χ4v) is 1.40. The van der Waals surface area contributed by atoms with Gasteiger partial charge in [-0.1, -0.05) is 17.7 Å². The van der Waals surface area contributed by atoms with Crippen LogP contribution in [0.3, 0.4) is 0 Å². The molecular formula is C11H11ClN4. The van der Waals surface area contributed by atoms with Gasteiger partial charge in [-0.3, -0.25) is 4.98 Å². The summed E-state index contributed by atoms with van der Waals surface area (Å²) in [7, 11) is 0. The lowest BCUT2D eigenvalue weighted by atomic mass is 10.2. The molecule has 0 aliphatic rings. The van der Waals surface area contributed by atoms with Gasteiger partial charge in [-0.15, -0.1) is 10.2 Å². The van der Waals surface area contributed by atoms with Crippen molar-refractivity contribution in [1.82, 2.24) is 15.2 Å². The molecule has 82 valence electrons. The minimum atomic E-state index is 0.392. The van der Waals surface area contributed by atoms with Gasteiger partial charge in [-0.25, -0.2) is 0 Å². The minimum absolute atomic E-state index is 0.392. The van der Waals surface area contributed by atoms with Crippen LogP contribution in [0.2, 0.25) is 5.15 Å². The molecule has 2 rings (SSSR count). The van der Waals surface area contributed by atoms with Gasteiger partial charge in [-0.05, 0) is 30.7 Å². The molecule has 0 bridgehead atoms. The van der Waals surface area contributed by atoms with Gasteiger partial charge in [0.15, 0.2) is 5.15 Å². The summed E-state index contributed by atoms with van der Waals surface area (Å²) in [5.74, 6) is 0.702. The standard InChI is InChI=1S/C11H11ClN4/c1-8-9(3-2-6-13-8)7-14-11-5-4-10(12)15-16-11/h2-6H,7H2,1H3,(H,14,16). The minimum Gasteiger partial charge on any atom is -0.364 e. The molecule has 2 aromatic rings. The zero-order chi connectivity index (χ0) is 11.4. The van der Waals surface area contributed by atoms with E-state index in [0.717, 1.165) is 11.3 Å². The molecule has 0 saturated carbocycles. The molecule has 5 heteroatoms. The third-order valence-corrected chi connectivity index (χ3v) is 2.41. The van der Waals surface area contributed by atoms with E-state index in [1.165, 1.54) is 0 Å². The number of pyridine rings is 1. The Kier molecular flexibility index (Phi) is 3.31. The summed E-state index contributed by atoms with van der Waals surface area (Å²) in [5.41, 5.74) is 2.15. The monoisotopic (exact) mass is 234 g/mol. The summed E-state index contributed by atoms with van der Waals surface area (Å²) < 4.78 is 0. The van der Waals surface area contributed by atoms with E-state index in [4.69, 9.17) is 11.6 Å². The fourth-order valence-electron chi connectivity index (χ4n) is 1.30. The van der Waals surface area contributed by atoms with E-state index < -0.39 is 0 Å². The average molecular weight is 235 g/mol. The molecule has 16 heavy (non-hydrogen) atoms. The maximum absolute atomic E-state index is 5.64. The Morgan fingerprint density at radius 1 is 1.25 bits per heavy atom. The van der Waals surface area contributed by atoms with Crippen LogP contribution in [0.4, 0.5) is 5.82 Å². The van der Waals surface area contributed by atoms with Crippen molar-refractivity contribution in [2.75, 3.05) is 5.32 Å². The first-order chi connectivity index (χ1) is 7.75. The zero-order valence-electron chi connectivity index (χ0n) is 8.81. The molecule has 0 aromatic carbocycles. The van der Waals surface area contributed by atoms with E-state index in [0.29, 0.717) is 17.5 Å². The molecule has 1 N–H and O–H groups in total.